The summed E-state index contributed by atoms with van der Waals surface area (Å²) in [5.41, 5.74) is -4.04. The van der Waals surface area contributed by atoms with Crippen molar-refractivity contribution in [3.8, 4) is 0 Å². The van der Waals surface area contributed by atoms with Gasteiger partial charge in [-0.3, -0.25) is 19.1 Å². The van der Waals surface area contributed by atoms with Crippen LogP contribution < -0.4 is 15.8 Å². The van der Waals surface area contributed by atoms with Gasteiger partial charge in [-0.05, 0) is 105 Å². The molecule has 0 spiro atoms. The number of nitrogens with zero attached hydrogens (tertiary/aromatic N) is 3. The third kappa shape index (κ3) is 14.6. The number of aromatic carboxylic acids is 1. The number of ether oxygens (including phenoxy) is 9. The summed E-state index contributed by atoms with van der Waals surface area (Å²) in [6.45, 7) is 17.5. The first-order valence-corrected chi connectivity index (χ1v) is 27.3. The van der Waals surface area contributed by atoms with Crippen LogP contribution in [0.5, 0.6) is 0 Å². The van der Waals surface area contributed by atoms with Gasteiger partial charge < -0.3 is 78.3 Å². The molecule has 3 saturated heterocycles. The fraction of sp³-hybridized carbons (Fsp3) is 0.768. The molecule has 4 heterocycles. The van der Waals surface area contributed by atoms with Crippen molar-refractivity contribution >= 4 is 34.7 Å². The number of carbonyl (C=O) groups is 4. The highest BCUT2D eigenvalue weighted by Gasteiger charge is 2.55. The van der Waals surface area contributed by atoms with Gasteiger partial charge in [0.15, 0.2) is 18.7 Å². The zero-order chi connectivity index (χ0) is 58.4. The molecule has 0 saturated carbocycles. The van der Waals surface area contributed by atoms with Gasteiger partial charge in [0.2, 0.25) is 5.43 Å². The topological polar surface area (TPSA) is 273 Å². The minimum Gasteiger partial charge on any atom is -0.477 e. The molecule has 3 aliphatic heterocycles. The van der Waals surface area contributed by atoms with E-state index in [1.54, 1.807) is 77.5 Å². The Morgan fingerprint density at radius 2 is 1.54 bits per heavy atom. The predicted octanol–water partition coefficient (Wildman–Crippen LogP) is 4.03. The largest absolute Gasteiger partial charge is 0.477 e. The number of carbonyl (C=O) groups excluding carboxylic acids is 3. The number of aliphatic hydroxyl groups is 3. The number of likely N-dealkylation sites (N-methyl/N-ethyl adjacent to an activating group) is 1. The Morgan fingerprint density at radius 1 is 0.885 bits per heavy atom. The van der Waals surface area contributed by atoms with E-state index in [2.05, 4.69) is 5.32 Å². The van der Waals surface area contributed by atoms with Gasteiger partial charge >= 0.3 is 18.0 Å². The number of ketones is 1. The fourth-order valence-electron chi connectivity index (χ4n) is 11.7. The number of benzene rings is 1. The molecule has 1 aromatic heterocycles. The average Bonchev–Trinajstić information content (AvgIpc) is 3.44. The van der Waals surface area contributed by atoms with Crippen molar-refractivity contribution in [2.45, 2.75) is 192 Å². The molecule has 22 nitrogen and oxygen atoms in total. The van der Waals surface area contributed by atoms with Gasteiger partial charge in [-0.15, -0.1) is 0 Å². The number of cyclic esters (lactones) is 1. The number of fused-ring (bicyclic) bond motifs is 1. The molecule has 18 atom stereocenters. The van der Waals surface area contributed by atoms with E-state index in [9.17, 15) is 44.4 Å². The van der Waals surface area contributed by atoms with Crippen LogP contribution in [0.25, 0.3) is 10.9 Å². The van der Waals surface area contributed by atoms with Crippen molar-refractivity contribution < 1.29 is 82.2 Å². The SMILES string of the molecule is CC[C@H]1OC(=O)[C@H](C)[C@@H](O[C@H]2C[C@@](C)(OC)[C@@H](OC(=O)NCCOCCCc3ccc4c(c3)c(=O)c(C(=O)O)cn4N(C)C)[C@H](C)O2)[C@H](C)[C@@H](O[C@@H]2O[C@H](C)C[C@H](N(C)C)[C@H]2O)[C@](C)(OC)C[C@@H](C)C(=O)[C@@H](C)[C@@H](O)[C@]1(C)O. The maximum absolute atomic E-state index is 14.6. The molecule has 0 aliphatic carbocycles. The van der Waals surface area contributed by atoms with Crippen LogP contribution in [0.15, 0.2) is 29.2 Å². The lowest BCUT2D eigenvalue weighted by atomic mass is 9.74. The van der Waals surface area contributed by atoms with Gasteiger partial charge in [-0.2, -0.15) is 0 Å². The lowest BCUT2D eigenvalue weighted by molar-refractivity contribution is -0.319. The van der Waals surface area contributed by atoms with E-state index in [1.807, 2.05) is 38.9 Å². The van der Waals surface area contributed by atoms with Gasteiger partial charge in [-0.1, -0.05) is 33.8 Å². The third-order valence-corrected chi connectivity index (χ3v) is 16.4. The zero-order valence-electron chi connectivity index (χ0n) is 48.7. The number of methoxy groups -OCH3 is 2. The molecule has 3 fully saturated rings. The summed E-state index contributed by atoms with van der Waals surface area (Å²) in [7, 11) is 10.2. The van der Waals surface area contributed by atoms with Gasteiger partial charge in [-0.25, -0.2) is 9.59 Å². The van der Waals surface area contributed by atoms with E-state index in [-0.39, 0.29) is 55.9 Å². The summed E-state index contributed by atoms with van der Waals surface area (Å²) < 4.78 is 58.5. The van der Waals surface area contributed by atoms with Crippen LogP contribution in [0.1, 0.15) is 117 Å². The molecule has 0 unspecified atom stereocenters. The number of aliphatic hydroxyl groups excluding tert-OH is 2. The minimum atomic E-state index is -2.04. The maximum atomic E-state index is 14.6. The smallest absolute Gasteiger partial charge is 0.407 e. The highest BCUT2D eigenvalue weighted by Crippen LogP contribution is 2.42. The van der Waals surface area contributed by atoms with Crippen molar-refractivity contribution in [2.24, 2.45) is 23.7 Å². The second-order valence-electron chi connectivity index (χ2n) is 22.9. The molecule has 78 heavy (non-hydrogen) atoms. The number of amides is 1. The summed E-state index contributed by atoms with van der Waals surface area (Å²) in [5, 5.41) is 49.6. The van der Waals surface area contributed by atoms with E-state index in [0.29, 0.717) is 36.8 Å². The predicted molar refractivity (Wildman–Crippen MR) is 288 cm³/mol. The van der Waals surface area contributed by atoms with E-state index in [4.69, 9.17) is 42.6 Å². The van der Waals surface area contributed by atoms with Crippen molar-refractivity contribution in [1.29, 1.82) is 0 Å². The first-order valence-electron chi connectivity index (χ1n) is 27.3. The first kappa shape index (κ1) is 64.5. The quantitative estimate of drug-likeness (QED) is 0.104. The van der Waals surface area contributed by atoms with Crippen molar-refractivity contribution in [1.82, 2.24) is 14.9 Å². The van der Waals surface area contributed by atoms with E-state index >= 15 is 0 Å². The summed E-state index contributed by atoms with van der Waals surface area (Å²) in [5.74, 6) is -6.19. The fourth-order valence-corrected chi connectivity index (χ4v) is 11.7. The van der Waals surface area contributed by atoms with Gasteiger partial charge in [0.25, 0.3) is 0 Å². The lowest BCUT2D eigenvalue weighted by Gasteiger charge is -2.50. The molecule has 442 valence electrons. The van der Waals surface area contributed by atoms with E-state index < -0.39 is 119 Å². The molecule has 0 bridgehead atoms. The number of nitrogens with one attached hydrogen (secondary N) is 1. The number of hydrogen-bond donors (Lipinski definition) is 5. The number of rotatable bonds is 18. The number of esters is 1. The molecular formula is C56H90N4O18. The molecule has 22 heteroatoms. The Kier molecular flexibility index (Phi) is 22.3. The Morgan fingerprint density at radius 3 is 2.14 bits per heavy atom. The number of Topliss-reactive ketones (excluding diaryl/α,β-unsaturated/α-hetero) is 1. The van der Waals surface area contributed by atoms with Crippen molar-refractivity contribution in [3.63, 3.8) is 0 Å². The number of aryl methyl sites for hydroxylation is 1. The van der Waals surface area contributed by atoms with Gasteiger partial charge in [0.1, 0.15) is 34.8 Å². The van der Waals surface area contributed by atoms with Gasteiger partial charge in [0.05, 0.1) is 54.2 Å². The molecule has 2 aromatic rings. The van der Waals surface area contributed by atoms with Crippen LogP contribution in [0.2, 0.25) is 0 Å². The second kappa shape index (κ2) is 27.0. The van der Waals surface area contributed by atoms with Gasteiger partial charge in [0, 0.05) is 83.3 Å². The Balaban J connectivity index is 1.32. The monoisotopic (exact) mass is 1110 g/mol. The van der Waals surface area contributed by atoms with Crippen LogP contribution in [0.3, 0.4) is 0 Å². The number of aromatic nitrogens is 1. The number of pyridine rings is 1. The van der Waals surface area contributed by atoms with Crippen molar-refractivity contribution in [2.75, 3.05) is 67.2 Å². The highest BCUT2D eigenvalue weighted by atomic mass is 16.7. The van der Waals surface area contributed by atoms with Crippen LogP contribution in [0.4, 0.5) is 4.79 Å². The second-order valence-corrected chi connectivity index (χ2v) is 22.9. The third-order valence-electron chi connectivity index (χ3n) is 16.4. The summed E-state index contributed by atoms with van der Waals surface area (Å²) in [6, 6.07) is 5.04. The van der Waals surface area contributed by atoms with Crippen LogP contribution in [0, 0.1) is 23.7 Å². The maximum Gasteiger partial charge on any atom is 0.407 e. The number of carboxylic acids is 1. The van der Waals surface area contributed by atoms with Crippen LogP contribution in [-0.4, -0.2) is 200 Å². The Hall–Kier alpha value is -4.33. The molecule has 1 amide bonds. The number of alkyl carbamates (subject to hydrolysis) is 1. The lowest BCUT2D eigenvalue weighted by Crippen LogP contribution is -2.62. The molecule has 5 N–H and O–H groups in total. The zero-order valence-corrected chi connectivity index (χ0v) is 48.7. The van der Waals surface area contributed by atoms with Crippen LogP contribution in [-0.2, 0) is 58.6 Å². The summed E-state index contributed by atoms with van der Waals surface area (Å²) in [6.07, 6.45) is -8.14. The highest BCUT2D eigenvalue weighted by molar-refractivity contribution is 5.93. The molecule has 5 rings (SSSR count). The first-order chi connectivity index (χ1) is 36.5. The Labute approximate surface area is 459 Å². The Bertz CT molecular complexity index is 2420. The summed E-state index contributed by atoms with van der Waals surface area (Å²) >= 11 is 0. The summed E-state index contributed by atoms with van der Waals surface area (Å²) in [4.78, 5) is 68.9. The molecular weight excluding hydrogens is 1020 g/mol. The normalized spacial score (nSPS) is 36.4. The average molecular weight is 1110 g/mol. The standard InChI is InChI=1S/C56H90N4O18/c1-17-41-56(10,69)47(64)32(4)43(61)30(2)27-54(8,70-15)48(77-52-45(63)40(58(11)12)25-31(3)73-52)33(5)46(34(6)51(67)75-41)76-42-28-55(9,71-16)49(35(7)74-42)78-53(68)57-22-24-72-23-18-19-36-20-21-39-37(26-36)44(62)38(50(65)66)29-60(39)59(13)14/h20-21,26,29-35,40-42,45-49,52,63-64,69H,17-19,22-25,27-28H2,1-16H3,(H,57,68)(H,65,66)/t30-,31-,32-,33+,34-,35+,40+,41-,42+,45-,46+,47-,48-,49+,52+,54-,55-,56-/m1/s1. The number of hydrogen-bond acceptors (Lipinski definition) is 19. The molecule has 3 aliphatic rings. The number of carboxylic acid groups (broad SMARTS) is 1. The van der Waals surface area contributed by atoms with Crippen LogP contribution >= 0.6 is 0 Å². The van der Waals surface area contributed by atoms with E-state index in [1.165, 1.54) is 34.3 Å². The van der Waals surface area contributed by atoms with Crippen molar-refractivity contribution in [3.05, 3.63) is 45.7 Å². The molecule has 1 aromatic carbocycles. The minimum absolute atomic E-state index is 0.00502. The van der Waals surface area contributed by atoms with E-state index in [0.717, 1.165) is 5.56 Å². The molecule has 0 radical (unpaired) electrons.